The Hall–Kier alpha value is -1.06. The van der Waals surface area contributed by atoms with E-state index in [9.17, 15) is 4.79 Å². The number of carbonyl (C=O) groups is 1. The van der Waals surface area contributed by atoms with Gasteiger partial charge in [0, 0.05) is 6.54 Å². The van der Waals surface area contributed by atoms with Crippen LogP contribution in [0.4, 0.5) is 0 Å². The zero-order chi connectivity index (χ0) is 12.8. The molecule has 1 aliphatic rings. The zero-order valence-corrected chi connectivity index (χ0v) is 12.3. The third-order valence-electron chi connectivity index (χ3n) is 3.49. The quantitative estimate of drug-likeness (QED) is 0.888. The summed E-state index contributed by atoms with van der Waals surface area (Å²) in [4.78, 5) is 11.8. The zero-order valence-electron chi connectivity index (χ0n) is 11.4. The summed E-state index contributed by atoms with van der Waals surface area (Å²) in [7, 11) is 0. The van der Waals surface area contributed by atoms with Crippen molar-refractivity contribution in [2.45, 2.75) is 26.2 Å². The number of aryl methyl sites for hydroxylation is 1. The summed E-state index contributed by atoms with van der Waals surface area (Å²) in [6, 6.07) is 8.14. The average Bonchev–Trinajstić information content (AvgIpc) is 2.38. The highest BCUT2D eigenvalue weighted by Gasteiger charge is 2.13. The number of rotatable bonds is 4. The van der Waals surface area contributed by atoms with Gasteiger partial charge >= 0.3 is 0 Å². The predicted molar refractivity (Wildman–Crippen MR) is 80.7 cm³/mol. The van der Waals surface area contributed by atoms with Gasteiger partial charge in [0.15, 0.2) is 0 Å². The van der Waals surface area contributed by atoms with Crippen LogP contribution in [-0.2, 0) is 11.2 Å². The van der Waals surface area contributed by atoms with Gasteiger partial charge in [-0.25, -0.2) is 0 Å². The first-order valence-corrected chi connectivity index (χ1v) is 6.77. The van der Waals surface area contributed by atoms with Crippen molar-refractivity contribution in [3.05, 3.63) is 35.4 Å². The molecule has 1 heterocycles. The summed E-state index contributed by atoms with van der Waals surface area (Å²) in [5.41, 5.74) is 2.30. The number of benzene rings is 1. The van der Waals surface area contributed by atoms with E-state index < -0.39 is 0 Å². The Bertz CT molecular complexity index is 403. The van der Waals surface area contributed by atoms with E-state index in [1.165, 1.54) is 18.4 Å². The van der Waals surface area contributed by atoms with Crippen molar-refractivity contribution >= 4 is 18.3 Å². The molecule has 1 aromatic carbocycles. The van der Waals surface area contributed by atoms with Gasteiger partial charge < -0.3 is 10.6 Å². The second kappa shape index (κ2) is 8.18. The lowest BCUT2D eigenvalue weighted by molar-refractivity contribution is -0.120. The molecule has 19 heavy (non-hydrogen) atoms. The first-order valence-electron chi connectivity index (χ1n) is 6.77. The van der Waals surface area contributed by atoms with Gasteiger partial charge in [0.2, 0.25) is 5.91 Å². The minimum absolute atomic E-state index is 0. The van der Waals surface area contributed by atoms with Crippen LogP contribution in [0.3, 0.4) is 0 Å². The maximum Gasteiger partial charge on any atom is 0.224 e. The predicted octanol–water partition coefficient (Wildman–Crippen LogP) is 2.08. The van der Waals surface area contributed by atoms with Crippen LogP contribution in [0.1, 0.15) is 24.0 Å². The van der Waals surface area contributed by atoms with Crippen molar-refractivity contribution in [2.24, 2.45) is 5.92 Å². The Morgan fingerprint density at radius 3 is 2.79 bits per heavy atom. The molecule has 0 bridgehead atoms. The Morgan fingerprint density at radius 1 is 1.37 bits per heavy atom. The van der Waals surface area contributed by atoms with E-state index in [2.05, 4.69) is 29.7 Å². The first kappa shape index (κ1) is 16.0. The van der Waals surface area contributed by atoms with E-state index in [1.807, 2.05) is 12.1 Å². The third-order valence-corrected chi connectivity index (χ3v) is 3.49. The molecular formula is C15H23ClN2O. The standard InChI is InChI=1S/C15H22N2O.ClH/c1-12-3-2-4-14(9-12)10-15(18)17-11-13-5-7-16-8-6-13;/h2-4,9,13,16H,5-8,10-11H2,1H3,(H,17,18);1H. The van der Waals surface area contributed by atoms with Crippen LogP contribution in [0.5, 0.6) is 0 Å². The number of nitrogens with one attached hydrogen (secondary N) is 2. The Balaban J connectivity index is 0.00000180. The van der Waals surface area contributed by atoms with E-state index in [-0.39, 0.29) is 18.3 Å². The monoisotopic (exact) mass is 282 g/mol. The van der Waals surface area contributed by atoms with E-state index in [4.69, 9.17) is 0 Å². The third kappa shape index (κ3) is 5.62. The van der Waals surface area contributed by atoms with Crippen molar-refractivity contribution in [3.8, 4) is 0 Å². The van der Waals surface area contributed by atoms with Crippen molar-refractivity contribution < 1.29 is 4.79 Å². The van der Waals surface area contributed by atoms with Gasteiger partial charge in [-0.1, -0.05) is 29.8 Å². The molecule has 0 unspecified atom stereocenters. The summed E-state index contributed by atoms with van der Waals surface area (Å²) >= 11 is 0. The number of hydrogen-bond donors (Lipinski definition) is 2. The largest absolute Gasteiger partial charge is 0.356 e. The Morgan fingerprint density at radius 2 is 2.11 bits per heavy atom. The van der Waals surface area contributed by atoms with Crippen LogP contribution in [0.25, 0.3) is 0 Å². The molecule has 0 spiro atoms. The van der Waals surface area contributed by atoms with Gasteiger partial charge in [0.1, 0.15) is 0 Å². The summed E-state index contributed by atoms with van der Waals surface area (Å²) in [5.74, 6) is 0.784. The smallest absolute Gasteiger partial charge is 0.224 e. The summed E-state index contributed by atoms with van der Waals surface area (Å²) in [6.45, 7) is 5.04. The molecule has 106 valence electrons. The van der Waals surface area contributed by atoms with Crippen LogP contribution in [0, 0.1) is 12.8 Å². The molecule has 3 nitrogen and oxygen atoms in total. The number of amides is 1. The summed E-state index contributed by atoms with van der Waals surface area (Å²) < 4.78 is 0. The van der Waals surface area contributed by atoms with E-state index >= 15 is 0 Å². The lowest BCUT2D eigenvalue weighted by Gasteiger charge is -2.22. The molecule has 2 rings (SSSR count). The Labute approximate surface area is 121 Å². The molecule has 0 radical (unpaired) electrons. The second-order valence-electron chi connectivity index (χ2n) is 5.16. The van der Waals surface area contributed by atoms with Crippen LogP contribution in [0.2, 0.25) is 0 Å². The normalized spacial score (nSPS) is 15.6. The molecule has 0 atom stereocenters. The lowest BCUT2D eigenvalue weighted by Crippen LogP contribution is -2.36. The number of halogens is 1. The minimum Gasteiger partial charge on any atom is -0.356 e. The van der Waals surface area contributed by atoms with Gasteiger partial charge in [-0.15, -0.1) is 12.4 Å². The molecule has 2 N–H and O–H groups in total. The van der Waals surface area contributed by atoms with Crippen LogP contribution < -0.4 is 10.6 Å². The van der Waals surface area contributed by atoms with Gasteiger partial charge in [0.05, 0.1) is 6.42 Å². The fraction of sp³-hybridized carbons (Fsp3) is 0.533. The molecular weight excluding hydrogens is 260 g/mol. The number of carbonyl (C=O) groups excluding carboxylic acids is 1. The van der Waals surface area contributed by atoms with E-state index in [0.29, 0.717) is 12.3 Å². The highest BCUT2D eigenvalue weighted by atomic mass is 35.5. The van der Waals surface area contributed by atoms with Crippen molar-refractivity contribution in [1.82, 2.24) is 10.6 Å². The van der Waals surface area contributed by atoms with Gasteiger partial charge in [-0.05, 0) is 44.3 Å². The second-order valence-corrected chi connectivity index (χ2v) is 5.16. The van der Waals surface area contributed by atoms with Crippen LogP contribution >= 0.6 is 12.4 Å². The van der Waals surface area contributed by atoms with Crippen LogP contribution in [0.15, 0.2) is 24.3 Å². The lowest BCUT2D eigenvalue weighted by atomic mass is 9.98. The van der Waals surface area contributed by atoms with Crippen molar-refractivity contribution in [2.75, 3.05) is 19.6 Å². The molecule has 1 amide bonds. The Kier molecular flexibility index (Phi) is 6.89. The molecule has 0 aromatic heterocycles. The average molecular weight is 283 g/mol. The van der Waals surface area contributed by atoms with Crippen molar-refractivity contribution in [1.29, 1.82) is 0 Å². The maximum absolute atomic E-state index is 11.8. The molecule has 1 aromatic rings. The van der Waals surface area contributed by atoms with Gasteiger partial charge in [-0.3, -0.25) is 4.79 Å². The van der Waals surface area contributed by atoms with E-state index in [0.717, 1.165) is 25.2 Å². The molecule has 1 saturated heterocycles. The fourth-order valence-electron chi connectivity index (χ4n) is 2.41. The summed E-state index contributed by atoms with van der Waals surface area (Å²) in [5, 5.41) is 6.39. The van der Waals surface area contributed by atoms with Crippen LogP contribution in [-0.4, -0.2) is 25.5 Å². The molecule has 0 saturated carbocycles. The number of piperidine rings is 1. The molecule has 1 fully saturated rings. The number of hydrogen-bond acceptors (Lipinski definition) is 2. The van der Waals surface area contributed by atoms with Gasteiger partial charge in [-0.2, -0.15) is 0 Å². The topological polar surface area (TPSA) is 41.1 Å². The molecule has 0 aliphatic carbocycles. The maximum atomic E-state index is 11.8. The SMILES string of the molecule is Cc1cccc(CC(=O)NCC2CCNCC2)c1.Cl. The summed E-state index contributed by atoms with van der Waals surface area (Å²) in [6.07, 6.45) is 2.84. The fourth-order valence-corrected chi connectivity index (χ4v) is 2.41. The highest BCUT2D eigenvalue weighted by molar-refractivity contribution is 5.85. The minimum atomic E-state index is 0. The van der Waals surface area contributed by atoms with E-state index in [1.54, 1.807) is 0 Å². The molecule has 4 heteroatoms. The molecule has 1 aliphatic heterocycles. The first-order chi connectivity index (χ1) is 8.74. The van der Waals surface area contributed by atoms with Gasteiger partial charge in [0.25, 0.3) is 0 Å². The highest BCUT2D eigenvalue weighted by Crippen LogP contribution is 2.10. The van der Waals surface area contributed by atoms with Crippen molar-refractivity contribution in [3.63, 3.8) is 0 Å².